The summed E-state index contributed by atoms with van der Waals surface area (Å²) in [5.41, 5.74) is 1.83. The Bertz CT molecular complexity index is 960. The molecular formula is C23H27N3O4S. The number of hydrogen-bond acceptors (Lipinski definition) is 7. The Kier molecular flexibility index (Phi) is 7.94. The molecule has 0 aromatic heterocycles. The minimum Gasteiger partial charge on any atom is -0.497 e. The molecule has 0 bridgehead atoms. The first kappa shape index (κ1) is 22.7. The van der Waals surface area contributed by atoms with E-state index in [9.17, 15) is 4.79 Å². The van der Waals surface area contributed by atoms with Crippen molar-refractivity contribution >= 4 is 29.1 Å². The molecule has 0 unspecified atom stereocenters. The van der Waals surface area contributed by atoms with Crippen molar-refractivity contribution in [3.05, 3.63) is 53.6 Å². The van der Waals surface area contributed by atoms with E-state index in [1.807, 2.05) is 42.5 Å². The maximum atomic E-state index is 12.9. The summed E-state index contributed by atoms with van der Waals surface area (Å²) < 4.78 is 15.8. The van der Waals surface area contributed by atoms with Gasteiger partial charge in [0.05, 0.1) is 39.3 Å². The SMILES string of the molecule is CCC[C@@H]1S/C(=N/N=C\c2ccc(OC)c(OC)c2)N(Cc2ccc(OC)cc2)C1=O. The van der Waals surface area contributed by atoms with Gasteiger partial charge < -0.3 is 14.2 Å². The van der Waals surface area contributed by atoms with Gasteiger partial charge in [-0.3, -0.25) is 9.69 Å². The zero-order valence-corrected chi connectivity index (χ0v) is 19.0. The first-order chi connectivity index (χ1) is 15.1. The van der Waals surface area contributed by atoms with Crippen molar-refractivity contribution in [1.82, 2.24) is 4.90 Å². The second-order valence-corrected chi connectivity index (χ2v) is 8.08. The topological polar surface area (TPSA) is 72.7 Å². The molecule has 3 rings (SSSR count). The van der Waals surface area contributed by atoms with Crippen molar-refractivity contribution in [2.24, 2.45) is 10.2 Å². The fraction of sp³-hybridized carbons (Fsp3) is 0.348. The van der Waals surface area contributed by atoms with Gasteiger partial charge in [-0.25, -0.2) is 0 Å². The third-order valence-electron chi connectivity index (χ3n) is 4.83. The molecule has 0 saturated carbocycles. The lowest BCUT2D eigenvalue weighted by Crippen LogP contribution is -2.31. The molecule has 8 heteroatoms. The normalized spacial score (nSPS) is 17.5. The van der Waals surface area contributed by atoms with E-state index in [1.165, 1.54) is 11.8 Å². The Labute approximate surface area is 187 Å². The summed E-state index contributed by atoms with van der Waals surface area (Å²) in [5.74, 6) is 2.12. The monoisotopic (exact) mass is 441 g/mol. The zero-order valence-electron chi connectivity index (χ0n) is 18.2. The fourth-order valence-electron chi connectivity index (χ4n) is 3.17. The lowest BCUT2D eigenvalue weighted by Gasteiger charge is -2.16. The number of thioether (sulfide) groups is 1. The molecule has 2 aromatic carbocycles. The Morgan fingerprint density at radius 2 is 1.77 bits per heavy atom. The Morgan fingerprint density at radius 3 is 2.42 bits per heavy atom. The van der Waals surface area contributed by atoms with Gasteiger partial charge in [-0.2, -0.15) is 5.10 Å². The highest BCUT2D eigenvalue weighted by molar-refractivity contribution is 8.15. The molecule has 1 aliphatic heterocycles. The third-order valence-corrected chi connectivity index (χ3v) is 6.06. The lowest BCUT2D eigenvalue weighted by molar-refractivity contribution is -0.126. The smallest absolute Gasteiger partial charge is 0.242 e. The van der Waals surface area contributed by atoms with Crippen LogP contribution >= 0.6 is 11.8 Å². The molecule has 0 spiro atoms. The van der Waals surface area contributed by atoms with Gasteiger partial charge in [0.2, 0.25) is 5.91 Å². The Morgan fingerprint density at radius 1 is 1.03 bits per heavy atom. The van der Waals surface area contributed by atoms with Gasteiger partial charge in [0, 0.05) is 0 Å². The fourth-order valence-corrected chi connectivity index (χ4v) is 4.38. The van der Waals surface area contributed by atoms with E-state index < -0.39 is 0 Å². The predicted molar refractivity (Wildman–Crippen MR) is 124 cm³/mol. The summed E-state index contributed by atoms with van der Waals surface area (Å²) in [5, 5.41) is 9.08. The molecule has 31 heavy (non-hydrogen) atoms. The number of methoxy groups -OCH3 is 3. The van der Waals surface area contributed by atoms with E-state index in [0.29, 0.717) is 23.2 Å². The van der Waals surface area contributed by atoms with Crippen molar-refractivity contribution < 1.29 is 19.0 Å². The molecule has 164 valence electrons. The molecule has 1 aliphatic rings. The first-order valence-corrected chi connectivity index (χ1v) is 10.9. The molecule has 0 aliphatic carbocycles. The molecule has 0 radical (unpaired) electrons. The number of ether oxygens (including phenoxy) is 3. The molecule has 1 amide bonds. The van der Waals surface area contributed by atoms with Gasteiger partial charge in [-0.05, 0) is 47.9 Å². The van der Waals surface area contributed by atoms with Crippen LogP contribution in [0.3, 0.4) is 0 Å². The second kappa shape index (κ2) is 10.9. The molecule has 0 N–H and O–H groups in total. The number of amidine groups is 1. The largest absolute Gasteiger partial charge is 0.497 e. The number of benzene rings is 2. The van der Waals surface area contributed by atoms with Crippen LogP contribution in [0.5, 0.6) is 17.2 Å². The zero-order chi connectivity index (χ0) is 22.2. The molecule has 1 heterocycles. The second-order valence-electron chi connectivity index (χ2n) is 6.91. The first-order valence-electron chi connectivity index (χ1n) is 10.0. The van der Waals surface area contributed by atoms with Crippen molar-refractivity contribution in [3.63, 3.8) is 0 Å². The van der Waals surface area contributed by atoms with Crippen LogP contribution in [0.1, 0.15) is 30.9 Å². The highest BCUT2D eigenvalue weighted by atomic mass is 32.2. The number of carbonyl (C=O) groups is 1. The maximum absolute atomic E-state index is 12.9. The van der Waals surface area contributed by atoms with Crippen molar-refractivity contribution in [3.8, 4) is 17.2 Å². The van der Waals surface area contributed by atoms with Crippen molar-refractivity contribution in [2.75, 3.05) is 21.3 Å². The molecular weight excluding hydrogens is 414 g/mol. The highest BCUT2D eigenvalue weighted by Gasteiger charge is 2.37. The summed E-state index contributed by atoms with van der Waals surface area (Å²) in [4.78, 5) is 14.6. The molecule has 1 fully saturated rings. The summed E-state index contributed by atoms with van der Waals surface area (Å²) in [6.07, 6.45) is 3.38. The highest BCUT2D eigenvalue weighted by Crippen LogP contribution is 2.32. The molecule has 2 aromatic rings. The van der Waals surface area contributed by atoms with Crippen molar-refractivity contribution in [2.45, 2.75) is 31.6 Å². The van der Waals surface area contributed by atoms with Gasteiger partial charge in [-0.1, -0.05) is 37.2 Å². The minimum atomic E-state index is -0.127. The third kappa shape index (κ3) is 5.58. The average Bonchev–Trinajstić information content (AvgIpc) is 3.08. The molecule has 1 saturated heterocycles. The van der Waals surface area contributed by atoms with Crippen LogP contribution < -0.4 is 14.2 Å². The summed E-state index contributed by atoms with van der Waals surface area (Å²) in [7, 11) is 4.81. The van der Waals surface area contributed by atoms with E-state index in [4.69, 9.17) is 14.2 Å². The summed E-state index contributed by atoms with van der Waals surface area (Å²) in [6.45, 7) is 2.52. The van der Waals surface area contributed by atoms with E-state index in [2.05, 4.69) is 17.1 Å². The van der Waals surface area contributed by atoms with E-state index in [-0.39, 0.29) is 11.2 Å². The number of nitrogens with zero attached hydrogens (tertiary/aromatic N) is 3. The van der Waals surface area contributed by atoms with Crippen LogP contribution in [0, 0.1) is 0 Å². The maximum Gasteiger partial charge on any atom is 0.242 e. The minimum absolute atomic E-state index is 0.0720. The van der Waals surface area contributed by atoms with Crippen LogP contribution in [0.15, 0.2) is 52.7 Å². The van der Waals surface area contributed by atoms with Gasteiger partial charge in [0.25, 0.3) is 0 Å². The van der Waals surface area contributed by atoms with Crippen LogP contribution in [-0.2, 0) is 11.3 Å². The number of hydrogen-bond donors (Lipinski definition) is 0. The van der Waals surface area contributed by atoms with E-state index >= 15 is 0 Å². The van der Waals surface area contributed by atoms with Gasteiger partial charge in [-0.15, -0.1) is 5.10 Å². The molecule has 7 nitrogen and oxygen atoms in total. The number of rotatable bonds is 9. The predicted octanol–water partition coefficient (Wildman–Crippen LogP) is 4.35. The van der Waals surface area contributed by atoms with E-state index in [0.717, 1.165) is 29.7 Å². The van der Waals surface area contributed by atoms with Crippen LogP contribution in [0.4, 0.5) is 0 Å². The van der Waals surface area contributed by atoms with Crippen LogP contribution in [0.25, 0.3) is 0 Å². The molecule has 1 atom stereocenters. The lowest BCUT2D eigenvalue weighted by atomic mass is 10.2. The Balaban J connectivity index is 1.80. The average molecular weight is 442 g/mol. The quantitative estimate of drug-likeness (QED) is 0.427. The number of amides is 1. The Hall–Kier alpha value is -3.00. The summed E-state index contributed by atoms with van der Waals surface area (Å²) in [6, 6.07) is 13.2. The van der Waals surface area contributed by atoms with Gasteiger partial charge in [0.15, 0.2) is 16.7 Å². The number of carbonyl (C=O) groups excluding carboxylic acids is 1. The van der Waals surface area contributed by atoms with Gasteiger partial charge >= 0.3 is 0 Å². The van der Waals surface area contributed by atoms with Gasteiger partial charge in [0.1, 0.15) is 5.75 Å². The van der Waals surface area contributed by atoms with Crippen LogP contribution in [0.2, 0.25) is 0 Å². The standard InChI is InChI=1S/C23H27N3O4S/c1-5-6-21-22(27)26(15-16-7-10-18(28-2)11-8-16)23(31-21)25-24-14-17-9-12-19(29-3)20(13-17)30-4/h7-14,21H,5-6,15H2,1-4H3/b24-14-,25-23+/t21-/m0/s1. The summed E-state index contributed by atoms with van der Waals surface area (Å²) >= 11 is 1.47. The van der Waals surface area contributed by atoms with E-state index in [1.54, 1.807) is 32.4 Å². The van der Waals surface area contributed by atoms with Crippen LogP contribution in [-0.4, -0.2) is 48.8 Å². The van der Waals surface area contributed by atoms with Crippen molar-refractivity contribution in [1.29, 1.82) is 0 Å².